The average Bonchev–Trinajstić information content (AvgIpc) is 2.74. The fourth-order valence-corrected chi connectivity index (χ4v) is 2.93. The van der Waals surface area contributed by atoms with Crippen LogP contribution < -0.4 is 18.9 Å². The fraction of sp³-hybridized carbons (Fsp3) is 0.286. The molecule has 0 amide bonds. The van der Waals surface area contributed by atoms with E-state index in [4.69, 9.17) is 18.9 Å². The van der Waals surface area contributed by atoms with Crippen LogP contribution in [0.25, 0.3) is 10.8 Å². The van der Waals surface area contributed by atoms with E-state index in [1.54, 1.807) is 34.6 Å². The molecule has 3 rings (SSSR count). The number of fused-ring (bicyclic) bond motifs is 1. The molecule has 0 aliphatic heterocycles. The first-order valence-electron chi connectivity index (χ1n) is 8.29. The van der Waals surface area contributed by atoms with Gasteiger partial charge in [-0.25, -0.2) is 0 Å². The summed E-state index contributed by atoms with van der Waals surface area (Å²) < 4.78 is 21.7. The third-order valence-corrected chi connectivity index (χ3v) is 4.18. The molecule has 0 aliphatic carbocycles. The van der Waals surface area contributed by atoms with Gasteiger partial charge in [0.2, 0.25) is 5.75 Å². The first-order chi connectivity index (χ1) is 13.2. The first kappa shape index (κ1) is 21.1. The highest BCUT2D eigenvalue weighted by Crippen LogP contribution is 2.44. The molecule has 27 heavy (non-hydrogen) atoms. The van der Waals surface area contributed by atoms with Crippen molar-refractivity contribution in [2.45, 2.75) is 6.42 Å². The summed E-state index contributed by atoms with van der Waals surface area (Å²) in [5.41, 5.74) is 2.09. The Kier molecular flexibility index (Phi) is 7.97. The number of ether oxygens (including phenoxy) is 4. The van der Waals surface area contributed by atoms with E-state index in [0.717, 1.165) is 27.8 Å². The SMILES string of the molecule is CI.COc1ccc(Cc2nccc3c(OC)c(OC)c(OC)cc23)cc1. The maximum absolute atomic E-state index is 5.58. The number of rotatable bonds is 6. The number of alkyl halides is 1. The Balaban J connectivity index is 0.00000126. The molecule has 0 spiro atoms. The van der Waals surface area contributed by atoms with E-state index in [2.05, 4.69) is 27.6 Å². The molecule has 3 aromatic rings. The summed E-state index contributed by atoms with van der Waals surface area (Å²) in [6.45, 7) is 0. The molecule has 0 N–H and O–H groups in total. The van der Waals surface area contributed by atoms with E-state index >= 15 is 0 Å². The highest BCUT2D eigenvalue weighted by atomic mass is 127. The van der Waals surface area contributed by atoms with Gasteiger partial charge in [-0.15, -0.1) is 0 Å². The largest absolute Gasteiger partial charge is 0.497 e. The molecule has 1 aromatic heterocycles. The van der Waals surface area contributed by atoms with Crippen LogP contribution in [0, 0.1) is 0 Å². The van der Waals surface area contributed by atoms with Crippen LogP contribution in [0.4, 0.5) is 0 Å². The Bertz CT molecular complexity index is 881. The molecule has 0 fully saturated rings. The third-order valence-electron chi connectivity index (χ3n) is 4.18. The Morgan fingerprint density at radius 3 is 2.00 bits per heavy atom. The van der Waals surface area contributed by atoms with Crippen LogP contribution in [0.3, 0.4) is 0 Å². The summed E-state index contributed by atoms with van der Waals surface area (Å²) in [5, 5.41) is 1.92. The zero-order chi connectivity index (χ0) is 19.8. The van der Waals surface area contributed by atoms with Crippen molar-refractivity contribution in [2.24, 2.45) is 0 Å². The number of methoxy groups -OCH3 is 4. The van der Waals surface area contributed by atoms with Gasteiger partial charge in [0.25, 0.3) is 0 Å². The topological polar surface area (TPSA) is 49.8 Å². The number of nitrogens with zero attached hydrogens (tertiary/aromatic N) is 1. The molecule has 0 aliphatic rings. The Morgan fingerprint density at radius 2 is 1.44 bits per heavy atom. The van der Waals surface area contributed by atoms with Gasteiger partial charge < -0.3 is 18.9 Å². The predicted octanol–water partition coefficient (Wildman–Crippen LogP) is 4.91. The van der Waals surface area contributed by atoms with E-state index < -0.39 is 0 Å². The van der Waals surface area contributed by atoms with Crippen molar-refractivity contribution in [3.63, 3.8) is 0 Å². The minimum Gasteiger partial charge on any atom is -0.497 e. The number of halogens is 1. The zero-order valence-corrected chi connectivity index (χ0v) is 18.4. The highest BCUT2D eigenvalue weighted by Gasteiger charge is 2.18. The number of aromatic nitrogens is 1. The Morgan fingerprint density at radius 1 is 0.778 bits per heavy atom. The van der Waals surface area contributed by atoms with Crippen molar-refractivity contribution >= 4 is 33.4 Å². The standard InChI is InChI=1S/C20H21NO4.CH3I/c1-22-14-7-5-13(6-8-14)11-17-16-12-18(23-2)20(25-4)19(24-3)15(16)9-10-21-17;1-2/h5-10,12H,11H2,1-4H3;1H3. The van der Waals surface area contributed by atoms with Gasteiger partial charge in [-0.1, -0.05) is 34.7 Å². The highest BCUT2D eigenvalue weighted by molar-refractivity contribution is 14.1. The van der Waals surface area contributed by atoms with Crippen molar-refractivity contribution in [3.8, 4) is 23.0 Å². The number of pyridine rings is 1. The van der Waals surface area contributed by atoms with Gasteiger partial charge in [0.15, 0.2) is 11.5 Å². The van der Waals surface area contributed by atoms with Gasteiger partial charge in [-0.05, 0) is 34.8 Å². The molecule has 0 radical (unpaired) electrons. The van der Waals surface area contributed by atoms with Crippen molar-refractivity contribution in [2.75, 3.05) is 33.4 Å². The molecule has 0 atom stereocenters. The quantitative estimate of drug-likeness (QED) is 0.370. The lowest BCUT2D eigenvalue weighted by molar-refractivity contribution is 0.327. The van der Waals surface area contributed by atoms with Gasteiger partial charge in [-0.2, -0.15) is 0 Å². The lowest BCUT2D eigenvalue weighted by atomic mass is 10.0. The van der Waals surface area contributed by atoms with Crippen LogP contribution in [0.1, 0.15) is 11.3 Å². The number of hydrogen-bond acceptors (Lipinski definition) is 5. The van der Waals surface area contributed by atoms with Crippen molar-refractivity contribution < 1.29 is 18.9 Å². The Labute approximate surface area is 173 Å². The van der Waals surface area contributed by atoms with Gasteiger partial charge >= 0.3 is 0 Å². The summed E-state index contributed by atoms with van der Waals surface area (Å²) in [6.07, 6.45) is 2.48. The van der Waals surface area contributed by atoms with E-state index in [9.17, 15) is 0 Å². The third kappa shape index (κ3) is 4.55. The van der Waals surface area contributed by atoms with Crippen LogP contribution >= 0.6 is 22.6 Å². The van der Waals surface area contributed by atoms with E-state index in [0.29, 0.717) is 23.7 Å². The van der Waals surface area contributed by atoms with Gasteiger partial charge in [0.1, 0.15) is 5.75 Å². The lowest BCUT2D eigenvalue weighted by Crippen LogP contribution is -1.99. The molecule has 0 bridgehead atoms. The monoisotopic (exact) mass is 481 g/mol. The Hall–Kier alpha value is -2.22. The van der Waals surface area contributed by atoms with Crippen LogP contribution in [0.15, 0.2) is 42.6 Å². The van der Waals surface area contributed by atoms with E-state index in [1.165, 1.54) is 0 Å². The van der Waals surface area contributed by atoms with Gasteiger partial charge in [0, 0.05) is 23.4 Å². The molecule has 0 saturated carbocycles. The molecule has 0 unspecified atom stereocenters. The van der Waals surface area contributed by atoms with E-state index in [1.807, 2.05) is 41.3 Å². The average molecular weight is 481 g/mol. The van der Waals surface area contributed by atoms with Crippen molar-refractivity contribution in [1.29, 1.82) is 0 Å². The second-order valence-corrected chi connectivity index (χ2v) is 5.52. The van der Waals surface area contributed by atoms with Crippen molar-refractivity contribution in [1.82, 2.24) is 4.98 Å². The van der Waals surface area contributed by atoms with Gasteiger partial charge in [0.05, 0.1) is 34.1 Å². The number of benzene rings is 2. The molecule has 144 valence electrons. The lowest BCUT2D eigenvalue weighted by Gasteiger charge is -2.16. The minimum absolute atomic E-state index is 0.582. The predicted molar refractivity (Wildman–Crippen MR) is 117 cm³/mol. The van der Waals surface area contributed by atoms with Gasteiger partial charge in [-0.3, -0.25) is 4.98 Å². The molecule has 5 nitrogen and oxygen atoms in total. The minimum atomic E-state index is 0.582. The fourth-order valence-electron chi connectivity index (χ4n) is 2.93. The molecule has 1 heterocycles. The summed E-state index contributed by atoms with van der Waals surface area (Å²) >= 11 is 2.15. The summed E-state index contributed by atoms with van der Waals surface area (Å²) in [7, 11) is 6.50. The van der Waals surface area contributed by atoms with Crippen LogP contribution in [0.2, 0.25) is 0 Å². The maximum Gasteiger partial charge on any atom is 0.203 e. The second kappa shape index (κ2) is 10.2. The van der Waals surface area contributed by atoms with Crippen LogP contribution in [-0.2, 0) is 6.42 Å². The normalized spacial score (nSPS) is 10.0. The smallest absolute Gasteiger partial charge is 0.203 e. The zero-order valence-electron chi connectivity index (χ0n) is 16.2. The maximum atomic E-state index is 5.58. The second-order valence-electron chi connectivity index (χ2n) is 5.52. The summed E-state index contributed by atoms with van der Waals surface area (Å²) in [6, 6.07) is 11.8. The van der Waals surface area contributed by atoms with Crippen molar-refractivity contribution in [3.05, 3.63) is 53.9 Å². The van der Waals surface area contributed by atoms with E-state index in [-0.39, 0.29) is 0 Å². The first-order valence-corrected chi connectivity index (χ1v) is 10.4. The molecular formula is C21H24INO4. The molecule has 6 heteroatoms. The van der Waals surface area contributed by atoms with Crippen LogP contribution in [-0.4, -0.2) is 38.4 Å². The van der Waals surface area contributed by atoms with Crippen LogP contribution in [0.5, 0.6) is 23.0 Å². The summed E-state index contributed by atoms with van der Waals surface area (Å²) in [4.78, 5) is 6.54. The summed E-state index contributed by atoms with van der Waals surface area (Å²) in [5.74, 6) is 2.69. The molecule has 0 saturated heterocycles. The molecular weight excluding hydrogens is 457 g/mol. The molecule has 2 aromatic carbocycles. The number of hydrogen-bond donors (Lipinski definition) is 0.